The molecule has 3 rings (SSSR count). The predicted octanol–water partition coefficient (Wildman–Crippen LogP) is 3.71. The van der Waals surface area contributed by atoms with Crippen molar-refractivity contribution < 1.29 is 4.74 Å². The summed E-state index contributed by atoms with van der Waals surface area (Å²) in [5.74, 6) is 1.83. The number of thiophene rings is 1. The first-order valence-electron chi connectivity index (χ1n) is 5.53. The van der Waals surface area contributed by atoms with Crippen molar-refractivity contribution in [3.63, 3.8) is 0 Å². The molecule has 2 aromatic heterocycles. The van der Waals surface area contributed by atoms with Crippen LogP contribution in [0.4, 0.5) is 5.82 Å². The minimum absolute atomic E-state index is 0.469. The number of nitrogens with two attached hydrogens (primary N) is 1. The zero-order valence-corrected chi connectivity index (χ0v) is 12.5. The highest BCUT2D eigenvalue weighted by Gasteiger charge is 2.13. The fraction of sp³-hybridized carbons (Fsp3) is 0.0769. The second kappa shape index (κ2) is 4.79. The third kappa shape index (κ3) is 2.17. The fourth-order valence-electron chi connectivity index (χ4n) is 1.85. The van der Waals surface area contributed by atoms with Crippen LogP contribution in [0, 0.1) is 0 Å². The van der Waals surface area contributed by atoms with Gasteiger partial charge in [0.2, 0.25) is 0 Å². The molecule has 0 fully saturated rings. The Kier molecular flexibility index (Phi) is 3.12. The van der Waals surface area contributed by atoms with E-state index in [4.69, 9.17) is 10.5 Å². The first-order chi connectivity index (χ1) is 9.19. The molecule has 6 heteroatoms. The molecule has 0 saturated carbocycles. The maximum atomic E-state index is 6.02. The van der Waals surface area contributed by atoms with Crippen molar-refractivity contribution in [2.75, 3.05) is 12.8 Å². The van der Waals surface area contributed by atoms with E-state index in [1.54, 1.807) is 7.11 Å². The molecule has 0 radical (unpaired) electrons. The molecule has 0 amide bonds. The van der Waals surface area contributed by atoms with Gasteiger partial charge >= 0.3 is 0 Å². The molecule has 0 unspecified atom stereocenters. The van der Waals surface area contributed by atoms with Crippen LogP contribution in [0.5, 0.6) is 5.75 Å². The number of fused-ring (bicyclic) bond motifs is 1. The van der Waals surface area contributed by atoms with Gasteiger partial charge in [-0.3, -0.25) is 0 Å². The van der Waals surface area contributed by atoms with E-state index in [1.807, 2.05) is 29.6 Å². The zero-order valence-electron chi connectivity index (χ0n) is 10.1. The number of aromatic nitrogens is 2. The minimum atomic E-state index is 0.469. The quantitative estimate of drug-likeness (QED) is 0.775. The summed E-state index contributed by atoms with van der Waals surface area (Å²) in [6.45, 7) is 0. The molecule has 0 bridgehead atoms. The number of ether oxygens (including phenoxy) is 1. The number of hydrogen-bond acceptors (Lipinski definition) is 5. The first-order valence-corrected chi connectivity index (χ1v) is 7.21. The Bertz CT molecular complexity index is 757. The van der Waals surface area contributed by atoms with Gasteiger partial charge in [-0.2, -0.15) is 0 Å². The second-order valence-electron chi connectivity index (χ2n) is 3.91. The van der Waals surface area contributed by atoms with Gasteiger partial charge in [0, 0.05) is 9.86 Å². The summed E-state index contributed by atoms with van der Waals surface area (Å²) in [6, 6.07) is 7.66. The predicted molar refractivity (Wildman–Crippen MR) is 81.5 cm³/mol. The highest BCUT2D eigenvalue weighted by molar-refractivity contribution is 9.10. The molecule has 2 heterocycles. The summed E-state index contributed by atoms with van der Waals surface area (Å²) < 4.78 is 6.25. The molecule has 0 atom stereocenters. The lowest BCUT2D eigenvalue weighted by molar-refractivity contribution is 0.418. The zero-order chi connectivity index (χ0) is 13.4. The van der Waals surface area contributed by atoms with Crippen LogP contribution >= 0.6 is 27.3 Å². The number of anilines is 1. The van der Waals surface area contributed by atoms with Crippen molar-refractivity contribution in [1.82, 2.24) is 9.97 Å². The van der Waals surface area contributed by atoms with Crippen molar-refractivity contribution >= 4 is 44.0 Å². The van der Waals surface area contributed by atoms with Crippen molar-refractivity contribution in [3.8, 4) is 16.5 Å². The van der Waals surface area contributed by atoms with Gasteiger partial charge in [-0.25, -0.2) is 9.97 Å². The van der Waals surface area contributed by atoms with E-state index in [0.717, 1.165) is 26.0 Å². The van der Waals surface area contributed by atoms with Crippen LogP contribution in [0.25, 0.3) is 21.6 Å². The SMILES string of the molecule is COc1ccsc1-c1nc(N)c2cc(Br)ccc2n1. The first kappa shape index (κ1) is 12.4. The van der Waals surface area contributed by atoms with E-state index in [2.05, 4.69) is 25.9 Å². The molecular weight excluding hydrogens is 326 g/mol. The van der Waals surface area contributed by atoms with Gasteiger partial charge in [0.15, 0.2) is 5.82 Å². The van der Waals surface area contributed by atoms with Gasteiger partial charge in [0.05, 0.1) is 12.6 Å². The lowest BCUT2D eigenvalue weighted by Gasteiger charge is -2.06. The Morgan fingerprint density at radius 3 is 2.89 bits per heavy atom. The van der Waals surface area contributed by atoms with E-state index in [-0.39, 0.29) is 0 Å². The number of hydrogen-bond donors (Lipinski definition) is 1. The second-order valence-corrected chi connectivity index (χ2v) is 5.74. The van der Waals surface area contributed by atoms with E-state index in [1.165, 1.54) is 11.3 Å². The lowest BCUT2D eigenvalue weighted by atomic mass is 10.2. The molecule has 1 aromatic carbocycles. The Balaban J connectivity index is 2.24. The Labute approximate surface area is 122 Å². The van der Waals surface area contributed by atoms with Crippen LogP contribution < -0.4 is 10.5 Å². The van der Waals surface area contributed by atoms with Crippen LogP contribution in [0.3, 0.4) is 0 Å². The molecule has 0 aliphatic carbocycles. The van der Waals surface area contributed by atoms with E-state index < -0.39 is 0 Å². The highest BCUT2D eigenvalue weighted by Crippen LogP contribution is 2.35. The number of nitrogens with zero attached hydrogens (tertiary/aromatic N) is 2. The van der Waals surface area contributed by atoms with Crippen LogP contribution in [0.15, 0.2) is 34.1 Å². The number of methoxy groups -OCH3 is 1. The van der Waals surface area contributed by atoms with Crippen LogP contribution in [-0.2, 0) is 0 Å². The maximum absolute atomic E-state index is 6.02. The standard InChI is InChI=1S/C13H10BrN3OS/c1-18-10-4-5-19-11(10)13-16-9-3-2-7(14)6-8(9)12(15)17-13/h2-6H,1H3,(H2,15,16,17). The average molecular weight is 336 g/mol. The number of benzene rings is 1. The summed E-state index contributed by atoms with van der Waals surface area (Å²) in [7, 11) is 1.63. The number of halogens is 1. The molecule has 0 spiro atoms. The Morgan fingerprint density at radius 2 is 2.11 bits per heavy atom. The van der Waals surface area contributed by atoms with Crippen molar-refractivity contribution in [2.24, 2.45) is 0 Å². The smallest absolute Gasteiger partial charge is 0.176 e. The third-order valence-corrected chi connectivity index (χ3v) is 4.12. The van der Waals surface area contributed by atoms with E-state index in [9.17, 15) is 0 Å². The molecule has 4 nitrogen and oxygen atoms in total. The van der Waals surface area contributed by atoms with Gasteiger partial charge in [0.1, 0.15) is 16.4 Å². The summed E-state index contributed by atoms with van der Waals surface area (Å²) in [5.41, 5.74) is 6.84. The normalized spacial score (nSPS) is 10.8. The summed E-state index contributed by atoms with van der Waals surface area (Å²) in [4.78, 5) is 9.80. The van der Waals surface area contributed by atoms with Crippen molar-refractivity contribution in [3.05, 3.63) is 34.1 Å². The molecule has 0 aliphatic rings. The molecule has 19 heavy (non-hydrogen) atoms. The Hall–Kier alpha value is -1.66. The summed E-state index contributed by atoms with van der Waals surface area (Å²) in [5, 5.41) is 2.79. The lowest BCUT2D eigenvalue weighted by Crippen LogP contribution is -1.97. The maximum Gasteiger partial charge on any atom is 0.176 e. The van der Waals surface area contributed by atoms with Gasteiger partial charge in [0.25, 0.3) is 0 Å². The van der Waals surface area contributed by atoms with Crippen LogP contribution in [-0.4, -0.2) is 17.1 Å². The summed E-state index contributed by atoms with van der Waals surface area (Å²) in [6.07, 6.45) is 0. The third-order valence-electron chi connectivity index (χ3n) is 2.74. The van der Waals surface area contributed by atoms with Crippen LogP contribution in [0.2, 0.25) is 0 Å². The molecule has 0 aliphatic heterocycles. The molecule has 0 saturated heterocycles. The molecule has 2 N–H and O–H groups in total. The molecule has 96 valence electrons. The largest absolute Gasteiger partial charge is 0.495 e. The minimum Gasteiger partial charge on any atom is -0.495 e. The highest BCUT2D eigenvalue weighted by atomic mass is 79.9. The summed E-state index contributed by atoms with van der Waals surface area (Å²) >= 11 is 4.95. The van der Waals surface area contributed by atoms with Crippen molar-refractivity contribution in [2.45, 2.75) is 0 Å². The van der Waals surface area contributed by atoms with E-state index >= 15 is 0 Å². The van der Waals surface area contributed by atoms with Gasteiger partial charge < -0.3 is 10.5 Å². The van der Waals surface area contributed by atoms with Crippen LogP contribution in [0.1, 0.15) is 0 Å². The number of rotatable bonds is 2. The van der Waals surface area contributed by atoms with Gasteiger partial charge in [-0.1, -0.05) is 15.9 Å². The fourth-order valence-corrected chi connectivity index (χ4v) is 3.00. The van der Waals surface area contributed by atoms with Gasteiger partial charge in [-0.05, 0) is 29.6 Å². The Morgan fingerprint density at radius 1 is 1.26 bits per heavy atom. The topological polar surface area (TPSA) is 61.0 Å². The van der Waals surface area contributed by atoms with E-state index in [0.29, 0.717) is 11.6 Å². The van der Waals surface area contributed by atoms with Gasteiger partial charge in [-0.15, -0.1) is 11.3 Å². The monoisotopic (exact) mass is 335 g/mol. The number of nitrogen functional groups attached to an aromatic ring is 1. The molecule has 3 aromatic rings. The molecular formula is C13H10BrN3OS. The average Bonchev–Trinajstić information content (AvgIpc) is 2.87. The van der Waals surface area contributed by atoms with Crippen molar-refractivity contribution in [1.29, 1.82) is 0 Å².